The molecular formula is C11H10BrNO3. The number of aliphatic imine (C=N–C) groups is 1. The molecular weight excluding hydrogens is 274 g/mol. The van der Waals surface area contributed by atoms with E-state index in [2.05, 4.69) is 20.9 Å². The van der Waals surface area contributed by atoms with Gasteiger partial charge in [0, 0.05) is 0 Å². The highest BCUT2D eigenvalue weighted by molar-refractivity contribution is 9.10. The Morgan fingerprint density at radius 2 is 2.19 bits per heavy atom. The summed E-state index contributed by atoms with van der Waals surface area (Å²) in [5.74, 6) is 1.49. The minimum atomic E-state index is 0.440. The highest BCUT2D eigenvalue weighted by atomic mass is 79.9. The van der Waals surface area contributed by atoms with Crippen LogP contribution in [-0.4, -0.2) is 25.8 Å². The number of carbonyl (C=O) groups excluding carboxylic acids is 1. The zero-order valence-corrected chi connectivity index (χ0v) is 10.1. The SMILES string of the molecule is O=C=NCCc1cc(Br)c2c(c1)OCCO2. The van der Waals surface area contributed by atoms with Crippen molar-refractivity contribution in [3.8, 4) is 11.5 Å². The van der Waals surface area contributed by atoms with Gasteiger partial charge in [0.1, 0.15) is 13.2 Å². The third kappa shape index (κ3) is 2.43. The Hall–Kier alpha value is -1.32. The van der Waals surface area contributed by atoms with Crippen LogP contribution in [-0.2, 0) is 11.2 Å². The standard InChI is InChI=1S/C11H10BrNO3/c12-9-5-8(1-2-13-7-14)6-10-11(9)16-4-3-15-10/h5-6H,1-4H2. The van der Waals surface area contributed by atoms with Crippen LogP contribution in [0.15, 0.2) is 21.6 Å². The lowest BCUT2D eigenvalue weighted by Crippen LogP contribution is -2.16. The van der Waals surface area contributed by atoms with Crippen LogP contribution < -0.4 is 9.47 Å². The molecule has 0 aliphatic carbocycles. The van der Waals surface area contributed by atoms with Crippen molar-refractivity contribution < 1.29 is 14.3 Å². The van der Waals surface area contributed by atoms with Gasteiger partial charge in [0.2, 0.25) is 6.08 Å². The van der Waals surface area contributed by atoms with E-state index in [-0.39, 0.29) is 0 Å². The van der Waals surface area contributed by atoms with Crippen molar-refractivity contribution in [2.24, 2.45) is 4.99 Å². The number of isocyanates is 1. The molecule has 0 atom stereocenters. The Morgan fingerprint density at radius 1 is 1.38 bits per heavy atom. The topological polar surface area (TPSA) is 47.9 Å². The molecule has 1 heterocycles. The molecule has 1 aromatic rings. The van der Waals surface area contributed by atoms with Crippen LogP contribution in [0.2, 0.25) is 0 Å². The summed E-state index contributed by atoms with van der Waals surface area (Å²) in [6, 6.07) is 3.87. The molecule has 0 amide bonds. The van der Waals surface area contributed by atoms with E-state index in [0.717, 1.165) is 21.5 Å². The minimum Gasteiger partial charge on any atom is -0.486 e. The predicted octanol–water partition coefficient (Wildman–Crippen LogP) is 2.10. The molecule has 0 aromatic heterocycles. The molecule has 84 valence electrons. The summed E-state index contributed by atoms with van der Waals surface area (Å²) in [7, 11) is 0. The summed E-state index contributed by atoms with van der Waals surface area (Å²) in [6.07, 6.45) is 2.21. The Balaban J connectivity index is 2.21. The van der Waals surface area contributed by atoms with Crippen molar-refractivity contribution in [1.29, 1.82) is 0 Å². The molecule has 0 unspecified atom stereocenters. The van der Waals surface area contributed by atoms with E-state index >= 15 is 0 Å². The van der Waals surface area contributed by atoms with Gasteiger partial charge < -0.3 is 9.47 Å². The second-order valence-corrected chi connectivity index (χ2v) is 4.18. The van der Waals surface area contributed by atoms with Crippen LogP contribution in [0.4, 0.5) is 0 Å². The zero-order valence-electron chi connectivity index (χ0n) is 8.53. The number of fused-ring (bicyclic) bond motifs is 1. The van der Waals surface area contributed by atoms with Gasteiger partial charge in [0.05, 0.1) is 11.0 Å². The molecule has 0 saturated heterocycles. The van der Waals surface area contributed by atoms with E-state index in [4.69, 9.17) is 9.47 Å². The summed E-state index contributed by atoms with van der Waals surface area (Å²) >= 11 is 3.43. The van der Waals surface area contributed by atoms with Gasteiger partial charge in [0.25, 0.3) is 0 Å². The number of halogens is 1. The molecule has 5 heteroatoms. The summed E-state index contributed by atoms with van der Waals surface area (Å²) in [5.41, 5.74) is 1.05. The summed E-state index contributed by atoms with van der Waals surface area (Å²) in [6.45, 7) is 1.57. The van der Waals surface area contributed by atoms with Crippen LogP contribution in [0.1, 0.15) is 5.56 Å². The van der Waals surface area contributed by atoms with Crippen LogP contribution in [0.5, 0.6) is 11.5 Å². The van der Waals surface area contributed by atoms with Crippen LogP contribution in [0.25, 0.3) is 0 Å². The Kier molecular flexibility index (Phi) is 3.59. The van der Waals surface area contributed by atoms with Gasteiger partial charge in [-0.1, -0.05) is 0 Å². The Labute approximate surface area is 101 Å². The lowest BCUT2D eigenvalue weighted by molar-refractivity contribution is 0.170. The van der Waals surface area contributed by atoms with Crippen molar-refractivity contribution in [1.82, 2.24) is 0 Å². The maximum absolute atomic E-state index is 9.95. The van der Waals surface area contributed by atoms with Gasteiger partial charge >= 0.3 is 0 Å². The van der Waals surface area contributed by atoms with E-state index in [1.54, 1.807) is 0 Å². The van der Waals surface area contributed by atoms with E-state index in [0.29, 0.717) is 26.2 Å². The quantitative estimate of drug-likeness (QED) is 0.631. The van der Waals surface area contributed by atoms with Gasteiger partial charge in [-0.05, 0) is 40.0 Å². The van der Waals surface area contributed by atoms with Crippen LogP contribution in [0.3, 0.4) is 0 Å². The normalized spacial score (nSPS) is 13.1. The zero-order chi connectivity index (χ0) is 11.4. The molecule has 0 fully saturated rings. The first kappa shape index (κ1) is 11.2. The maximum Gasteiger partial charge on any atom is 0.234 e. The third-order valence-electron chi connectivity index (χ3n) is 2.23. The van der Waals surface area contributed by atoms with E-state index in [1.807, 2.05) is 12.1 Å². The number of hydrogen-bond donors (Lipinski definition) is 0. The molecule has 0 N–H and O–H groups in total. The smallest absolute Gasteiger partial charge is 0.234 e. The molecule has 0 radical (unpaired) electrons. The largest absolute Gasteiger partial charge is 0.486 e. The van der Waals surface area contributed by atoms with Gasteiger partial charge in [-0.25, -0.2) is 9.79 Å². The Bertz CT molecular complexity index is 441. The van der Waals surface area contributed by atoms with Gasteiger partial charge in [0.15, 0.2) is 11.5 Å². The molecule has 2 rings (SSSR count). The van der Waals surface area contributed by atoms with E-state index in [9.17, 15) is 4.79 Å². The summed E-state index contributed by atoms with van der Waals surface area (Å²) in [5, 5.41) is 0. The fourth-order valence-electron chi connectivity index (χ4n) is 1.54. The maximum atomic E-state index is 9.95. The lowest BCUT2D eigenvalue weighted by Gasteiger charge is -2.20. The van der Waals surface area contributed by atoms with E-state index < -0.39 is 0 Å². The van der Waals surface area contributed by atoms with Crippen molar-refractivity contribution in [2.45, 2.75) is 6.42 Å². The molecule has 16 heavy (non-hydrogen) atoms. The number of rotatable bonds is 3. The first-order valence-electron chi connectivity index (χ1n) is 4.93. The van der Waals surface area contributed by atoms with Crippen LogP contribution in [0, 0.1) is 0 Å². The number of nitrogens with zero attached hydrogens (tertiary/aromatic N) is 1. The molecule has 1 aromatic carbocycles. The number of benzene rings is 1. The van der Waals surface area contributed by atoms with Crippen LogP contribution >= 0.6 is 15.9 Å². The van der Waals surface area contributed by atoms with Crippen molar-refractivity contribution in [3.05, 3.63) is 22.2 Å². The number of hydrogen-bond acceptors (Lipinski definition) is 4. The average molecular weight is 284 g/mol. The van der Waals surface area contributed by atoms with Crippen molar-refractivity contribution in [3.63, 3.8) is 0 Å². The highest BCUT2D eigenvalue weighted by Gasteiger charge is 2.15. The molecule has 0 saturated carbocycles. The Morgan fingerprint density at radius 3 is 3.00 bits per heavy atom. The van der Waals surface area contributed by atoms with Gasteiger partial charge in [-0.2, -0.15) is 0 Å². The minimum absolute atomic E-state index is 0.440. The lowest BCUT2D eigenvalue weighted by atomic mass is 10.1. The first-order valence-corrected chi connectivity index (χ1v) is 5.72. The summed E-state index contributed by atoms with van der Waals surface area (Å²) in [4.78, 5) is 13.5. The fraction of sp³-hybridized carbons (Fsp3) is 0.364. The first-order chi connectivity index (χ1) is 7.81. The van der Waals surface area contributed by atoms with Gasteiger partial charge in [-0.15, -0.1) is 0 Å². The van der Waals surface area contributed by atoms with Crippen molar-refractivity contribution in [2.75, 3.05) is 19.8 Å². The predicted molar refractivity (Wildman–Crippen MR) is 61.8 cm³/mol. The van der Waals surface area contributed by atoms with Crippen molar-refractivity contribution >= 4 is 22.0 Å². The molecule has 4 nitrogen and oxygen atoms in total. The van der Waals surface area contributed by atoms with Gasteiger partial charge in [-0.3, -0.25) is 0 Å². The summed E-state index contributed by atoms with van der Waals surface area (Å²) < 4.78 is 11.8. The molecule has 1 aliphatic heterocycles. The molecule has 0 bridgehead atoms. The fourth-order valence-corrected chi connectivity index (χ4v) is 2.14. The average Bonchev–Trinajstić information content (AvgIpc) is 2.30. The second-order valence-electron chi connectivity index (χ2n) is 3.32. The third-order valence-corrected chi connectivity index (χ3v) is 2.82. The second kappa shape index (κ2) is 5.14. The molecule has 0 spiro atoms. The van der Waals surface area contributed by atoms with E-state index in [1.165, 1.54) is 6.08 Å². The monoisotopic (exact) mass is 283 g/mol. The highest BCUT2D eigenvalue weighted by Crippen LogP contribution is 2.38. The molecule has 1 aliphatic rings. The number of ether oxygens (including phenoxy) is 2.